The Hall–Kier alpha value is -2.63. The average Bonchev–Trinajstić information content (AvgIpc) is 3.11. The number of hydrogen-bond acceptors (Lipinski definition) is 5. The van der Waals surface area contributed by atoms with E-state index in [1.807, 2.05) is 23.6 Å². The van der Waals surface area contributed by atoms with E-state index in [4.69, 9.17) is 4.98 Å². The molecule has 1 fully saturated rings. The molecule has 2 aliphatic heterocycles. The number of fused-ring (bicyclic) bond motifs is 2. The second-order valence-electron chi connectivity index (χ2n) is 8.99. The Morgan fingerprint density at radius 3 is 2.84 bits per heavy atom. The van der Waals surface area contributed by atoms with Gasteiger partial charge in [0, 0.05) is 53.7 Å². The number of rotatable bonds is 6. The minimum atomic E-state index is 0.572. The van der Waals surface area contributed by atoms with Gasteiger partial charge in [0.2, 0.25) is 0 Å². The van der Waals surface area contributed by atoms with Gasteiger partial charge >= 0.3 is 0 Å². The van der Waals surface area contributed by atoms with Gasteiger partial charge in [-0.25, -0.2) is 0 Å². The van der Waals surface area contributed by atoms with Crippen LogP contribution in [0, 0.1) is 6.92 Å². The number of aryl methyl sites for hydroxylation is 2. The van der Waals surface area contributed by atoms with E-state index in [2.05, 4.69) is 77.8 Å². The van der Waals surface area contributed by atoms with Crippen LogP contribution < -0.4 is 15.9 Å². The molecule has 1 saturated heterocycles. The van der Waals surface area contributed by atoms with Crippen molar-refractivity contribution in [3.05, 3.63) is 81.3 Å². The minimum Gasteiger partial charge on any atom is -0.366 e. The van der Waals surface area contributed by atoms with Gasteiger partial charge in [-0.15, -0.1) is 11.3 Å². The third-order valence-electron chi connectivity index (χ3n) is 6.72. The fourth-order valence-electron chi connectivity index (χ4n) is 4.94. The smallest absolute Gasteiger partial charge is 0.102 e. The zero-order chi connectivity index (χ0) is 21.9. The van der Waals surface area contributed by atoms with E-state index in [0.29, 0.717) is 6.04 Å². The predicted octanol–water partition coefficient (Wildman–Crippen LogP) is 3.80. The number of aromatic nitrogens is 1. The van der Waals surface area contributed by atoms with Crippen molar-refractivity contribution in [3.8, 4) is 0 Å². The summed E-state index contributed by atoms with van der Waals surface area (Å²) < 4.78 is 0. The van der Waals surface area contributed by atoms with Crippen LogP contribution in [0.3, 0.4) is 0 Å². The maximum absolute atomic E-state index is 4.84. The predicted molar refractivity (Wildman–Crippen MR) is 135 cm³/mol. The van der Waals surface area contributed by atoms with Crippen LogP contribution in [-0.2, 0) is 6.42 Å². The van der Waals surface area contributed by atoms with Crippen molar-refractivity contribution in [3.63, 3.8) is 0 Å². The van der Waals surface area contributed by atoms with E-state index in [0.717, 1.165) is 25.0 Å². The molecule has 5 rings (SSSR count). The Balaban J connectivity index is 1.36. The number of likely N-dealkylation sites (N-methyl/N-ethyl adjacent to an activating group) is 1. The van der Waals surface area contributed by atoms with Crippen LogP contribution in [0.25, 0.3) is 11.9 Å². The van der Waals surface area contributed by atoms with Crippen molar-refractivity contribution < 1.29 is 0 Å². The molecule has 166 valence electrons. The first-order chi connectivity index (χ1) is 15.7. The molecule has 1 N–H and O–H groups in total. The molecule has 4 nitrogen and oxygen atoms in total. The third kappa shape index (κ3) is 4.45. The normalized spacial score (nSPS) is 18.4. The van der Waals surface area contributed by atoms with Crippen LogP contribution in [0.15, 0.2) is 54.7 Å². The highest BCUT2D eigenvalue weighted by molar-refractivity contribution is 7.16. The number of hydrogen-bond donors (Lipinski definition) is 1. The van der Waals surface area contributed by atoms with Crippen molar-refractivity contribution in [1.82, 2.24) is 14.8 Å². The molecule has 0 bridgehead atoms. The summed E-state index contributed by atoms with van der Waals surface area (Å²) in [4.78, 5) is 11.3. The fraction of sp³-hybridized carbons (Fsp3) is 0.370. The first kappa shape index (κ1) is 21.2. The largest absolute Gasteiger partial charge is 0.366 e. The molecule has 1 atom stereocenters. The molecule has 5 heteroatoms. The summed E-state index contributed by atoms with van der Waals surface area (Å²) in [5.41, 5.74) is 4.05. The maximum atomic E-state index is 4.84. The molecule has 1 aromatic carbocycles. The highest BCUT2D eigenvalue weighted by atomic mass is 32.1. The van der Waals surface area contributed by atoms with Crippen LogP contribution in [0.4, 0.5) is 5.00 Å². The SMILES string of the molecule is Cc1cc2c(s1)NC=c1cccnc1=C2N1CCN(C)C(CCCCc2ccccc2)C1. The molecule has 0 amide bonds. The number of piperazine rings is 1. The van der Waals surface area contributed by atoms with Crippen LogP contribution in [0.1, 0.15) is 35.3 Å². The van der Waals surface area contributed by atoms with Crippen LogP contribution in [0.2, 0.25) is 0 Å². The van der Waals surface area contributed by atoms with E-state index in [-0.39, 0.29) is 0 Å². The van der Waals surface area contributed by atoms with E-state index in [1.165, 1.54) is 57.6 Å². The van der Waals surface area contributed by atoms with Gasteiger partial charge in [0.25, 0.3) is 0 Å². The molecule has 0 aliphatic carbocycles. The topological polar surface area (TPSA) is 31.4 Å². The van der Waals surface area contributed by atoms with Gasteiger partial charge < -0.3 is 10.2 Å². The quantitative estimate of drug-likeness (QED) is 0.586. The van der Waals surface area contributed by atoms with E-state index in [1.54, 1.807) is 0 Å². The molecule has 32 heavy (non-hydrogen) atoms. The van der Waals surface area contributed by atoms with Gasteiger partial charge in [-0.1, -0.05) is 36.8 Å². The highest BCUT2D eigenvalue weighted by Gasteiger charge is 2.28. The monoisotopic (exact) mass is 444 g/mol. The summed E-state index contributed by atoms with van der Waals surface area (Å²) in [5.74, 6) is 0. The number of nitrogens with one attached hydrogen (secondary N) is 1. The Morgan fingerprint density at radius 2 is 1.97 bits per heavy atom. The van der Waals surface area contributed by atoms with Crippen LogP contribution in [-0.4, -0.2) is 47.5 Å². The fourth-order valence-corrected chi connectivity index (χ4v) is 5.82. The van der Waals surface area contributed by atoms with Gasteiger partial charge in [-0.05, 0) is 57.0 Å². The van der Waals surface area contributed by atoms with Gasteiger partial charge in [0.05, 0.1) is 11.0 Å². The summed E-state index contributed by atoms with van der Waals surface area (Å²) in [6, 6.07) is 18.0. The molecule has 1 unspecified atom stereocenters. The zero-order valence-electron chi connectivity index (χ0n) is 19.1. The second kappa shape index (κ2) is 9.47. The Bertz CT molecular complexity index is 1180. The lowest BCUT2D eigenvalue weighted by Crippen LogP contribution is -2.52. The molecule has 4 heterocycles. The van der Waals surface area contributed by atoms with Crippen molar-refractivity contribution in [1.29, 1.82) is 0 Å². The summed E-state index contributed by atoms with van der Waals surface area (Å²) in [6.07, 6.45) is 8.97. The number of nitrogens with zero attached hydrogens (tertiary/aromatic N) is 3. The summed E-state index contributed by atoms with van der Waals surface area (Å²) in [7, 11) is 2.29. The van der Waals surface area contributed by atoms with Gasteiger partial charge in [0.15, 0.2) is 0 Å². The Morgan fingerprint density at radius 1 is 1.09 bits per heavy atom. The Labute approximate surface area is 194 Å². The molecular weight excluding hydrogens is 412 g/mol. The zero-order valence-corrected chi connectivity index (χ0v) is 19.9. The van der Waals surface area contributed by atoms with Gasteiger partial charge in [0.1, 0.15) is 5.00 Å². The van der Waals surface area contributed by atoms with Crippen LogP contribution >= 0.6 is 11.3 Å². The maximum Gasteiger partial charge on any atom is 0.102 e. The molecule has 0 radical (unpaired) electrons. The van der Waals surface area contributed by atoms with E-state index >= 15 is 0 Å². The number of benzene rings is 1. The number of pyridine rings is 1. The molecule has 2 aromatic heterocycles. The van der Waals surface area contributed by atoms with E-state index in [9.17, 15) is 0 Å². The van der Waals surface area contributed by atoms with Crippen molar-refractivity contribution in [2.45, 2.75) is 38.6 Å². The van der Waals surface area contributed by atoms with E-state index < -0.39 is 0 Å². The number of thiophene rings is 1. The average molecular weight is 445 g/mol. The molecule has 2 aliphatic rings. The summed E-state index contributed by atoms with van der Waals surface area (Å²) >= 11 is 1.83. The summed E-state index contributed by atoms with van der Waals surface area (Å²) in [6.45, 7) is 5.38. The lowest BCUT2D eigenvalue weighted by molar-refractivity contribution is 0.125. The number of unbranched alkanes of at least 4 members (excludes halogenated alkanes) is 1. The molecule has 0 spiro atoms. The van der Waals surface area contributed by atoms with Crippen LogP contribution in [0.5, 0.6) is 0 Å². The van der Waals surface area contributed by atoms with Gasteiger partial charge in [-0.2, -0.15) is 0 Å². The second-order valence-corrected chi connectivity index (χ2v) is 10.2. The van der Waals surface area contributed by atoms with Crippen molar-refractivity contribution >= 4 is 28.2 Å². The van der Waals surface area contributed by atoms with Crippen molar-refractivity contribution in [2.75, 3.05) is 32.0 Å². The lowest BCUT2D eigenvalue weighted by atomic mass is 10.0. The van der Waals surface area contributed by atoms with Gasteiger partial charge in [-0.3, -0.25) is 9.88 Å². The molecular formula is C27H32N4S. The third-order valence-corrected chi connectivity index (χ3v) is 7.70. The Kier molecular flexibility index (Phi) is 6.28. The highest BCUT2D eigenvalue weighted by Crippen LogP contribution is 2.35. The first-order valence-corrected chi connectivity index (χ1v) is 12.5. The molecule has 0 saturated carbocycles. The first-order valence-electron chi connectivity index (χ1n) is 11.7. The number of anilines is 1. The summed E-state index contributed by atoms with van der Waals surface area (Å²) in [5, 5.41) is 7.04. The standard InChI is InChI=1S/C27H32N4S/c1-20-17-24-26(25-22(12-8-14-28-25)18-29-27(24)32-20)31-16-15-30(2)23(19-31)13-7-6-11-21-9-4-3-5-10-21/h3-5,8-10,12,14,17-18,23,29H,6-7,11,13,15-16,19H2,1-2H3. The minimum absolute atomic E-state index is 0.572. The lowest BCUT2D eigenvalue weighted by Gasteiger charge is -2.41. The van der Waals surface area contributed by atoms with Crippen molar-refractivity contribution in [2.24, 2.45) is 0 Å². The molecule has 3 aromatic rings.